The van der Waals surface area contributed by atoms with Gasteiger partial charge in [0.05, 0.1) is 25.1 Å². The predicted octanol–water partition coefficient (Wildman–Crippen LogP) is 2.09. The lowest BCUT2D eigenvalue weighted by molar-refractivity contribution is -0.120. The molecule has 1 N–H and O–H groups in total. The lowest BCUT2D eigenvalue weighted by atomic mass is 10.3. The van der Waals surface area contributed by atoms with E-state index in [1.54, 1.807) is 7.11 Å². The standard InChI is InChI=1S/C15H21NO4S/c1-11(15(17)16-6-9-18-2)21-12-4-5-13-14(10-12)20-8-3-7-19-13/h4-5,10-11H,3,6-9H2,1-2H3,(H,16,17)/t11-/m0/s1. The lowest BCUT2D eigenvalue weighted by Crippen LogP contribution is -2.33. The van der Waals surface area contributed by atoms with E-state index < -0.39 is 0 Å². The highest BCUT2D eigenvalue weighted by Gasteiger charge is 2.16. The minimum absolute atomic E-state index is 0.00385. The highest BCUT2D eigenvalue weighted by molar-refractivity contribution is 8.00. The second-order valence-corrected chi connectivity index (χ2v) is 6.12. The van der Waals surface area contributed by atoms with Crippen molar-refractivity contribution in [2.45, 2.75) is 23.5 Å². The molecule has 0 aromatic heterocycles. The van der Waals surface area contributed by atoms with Crippen LogP contribution in [0.2, 0.25) is 0 Å². The maximum Gasteiger partial charge on any atom is 0.233 e. The van der Waals surface area contributed by atoms with Crippen LogP contribution in [0.1, 0.15) is 13.3 Å². The van der Waals surface area contributed by atoms with Gasteiger partial charge in [-0.3, -0.25) is 4.79 Å². The maximum absolute atomic E-state index is 11.9. The van der Waals surface area contributed by atoms with Crippen LogP contribution in [0, 0.1) is 0 Å². The Bertz CT molecular complexity index is 481. The SMILES string of the molecule is COCCNC(=O)[C@H](C)Sc1ccc2c(c1)OCCCO2. The van der Waals surface area contributed by atoms with Crippen LogP contribution in [0.3, 0.4) is 0 Å². The number of carbonyl (C=O) groups is 1. The molecule has 0 unspecified atom stereocenters. The van der Waals surface area contributed by atoms with Gasteiger partial charge in [-0.2, -0.15) is 0 Å². The van der Waals surface area contributed by atoms with E-state index in [1.165, 1.54) is 11.8 Å². The molecule has 1 aliphatic rings. The molecule has 0 bridgehead atoms. The molecule has 1 heterocycles. The minimum Gasteiger partial charge on any atom is -0.490 e. The van der Waals surface area contributed by atoms with Crippen LogP contribution in [0.25, 0.3) is 0 Å². The van der Waals surface area contributed by atoms with Crippen molar-refractivity contribution in [2.24, 2.45) is 0 Å². The fourth-order valence-corrected chi connectivity index (χ4v) is 2.81. The quantitative estimate of drug-likeness (QED) is 0.644. The van der Waals surface area contributed by atoms with Gasteiger partial charge in [0.1, 0.15) is 0 Å². The molecule has 1 aromatic carbocycles. The van der Waals surface area contributed by atoms with Gasteiger partial charge in [-0.15, -0.1) is 11.8 Å². The highest BCUT2D eigenvalue weighted by atomic mass is 32.2. The van der Waals surface area contributed by atoms with Crippen molar-refractivity contribution in [1.82, 2.24) is 5.32 Å². The van der Waals surface area contributed by atoms with E-state index in [9.17, 15) is 4.79 Å². The predicted molar refractivity (Wildman–Crippen MR) is 82.3 cm³/mol. The average Bonchev–Trinajstić information content (AvgIpc) is 2.72. The van der Waals surface area contributed by atoms with Gasteiger partial charge >= 0.3 is 0 Å². The van der Waals surface area contributed by atoms with Crippen molar-refractivity contribution in [3.05, 3.63) is 18.2 Å². The summed E-state index contributed by atoms with van der Waals surface area (Å²) in [5.74, 6) is 1.53. The Balaban J connectivity index is 1.93. The van der Waals surface area contributed by atoms with Crippen LogP contribution in [0.4, 0.5) is 0 Å². The first-order valence-electron chi connectivity index (χ1n) is 7.03. The zero-order valence-electron chi connectivity index (χ0n) is 12.4. The second kappa shape index (κ2) is 8.14. The molecule has 1 atom stereocenters. The number of amides is 1. The van der Waals surface area contributed by atoms with Gasteiger partial charge in [-0.05, 0) is 25.1 Å². The zero-order chi connectivity index (χ0) is 15.1. The van der Waals surface area contributed by atoms with Crippen LogP contribution in [-0.4, -0.2) is 44.6 Å². The number of carbonyl (C=O) groups excluding carboxylic acids is 1. The maximum atomic E-state index is 11.9. The molecular weight excluding hydrogens is 290 g/mol. The van der Waals surface area contributed by atoms with Crippen LogP contribution in [0.15, 0.2) is 23.1 Å². The third kappa shape index (κ3) is 4.82. The monoisotopic (exact) mass is 311 g/mol. The van der Waals surface area contributed by atoms with E-state index in [-0.39, 0.29) is 11.2 Å². The zero-order valence-corrected chi connectivity index (χ0v) is 13.2. The molecule has 0 spiro atoms. The molecule has 1 aliphatic heterocycles. The highest BCUT2D eigenvalue weighted by Crippen LogP contribution is 2.35. The summed E-state index contributed by atoms with van der Waals surface area (Å²) in [4.78, 5) is 12.9. The number of fused-ring (bicyclic) bond motifs is 1. The molecule has 1 aromatic rings. The van der Waals surface area contributed by atoms with Crippen LogP contribution in [-0.2, 0) is 9.53 Å². The molecule has 1 amide bonds. The first-order chi connectivity index (χ1) is 10.2. The van der Waals surface area contributed by atoms with Gasteiger partial charge < -0.3 is 19.5 Å². The summed E-state index contributed by atoms with van der Waals surface area (Å²) < 4.78 is 16.2. The summed E-state index contributed by atoms with van der Waals surface area (Å²) in [6.07, 6.45) is 0.884. The molecule has 5 nitrogen and oxygen atoms in total. The topological polar surface area (TPSA) is 56.8 Å². The molecule has 0 radical (unpaired) electrons. The normalized spacial score (nSPS) is 15.1. The molecule has 2 rings (SSSR count). The summed E-state index contributed by atoms with van der Waals surface area (Å²) in [6.45, 7) is 4.27. The number of nitrogens with one attached hydrogen (secondary N) is 1. The number of hydrogen-bond donors (Lipinski definition) is 1. The molecule has 21 heavy (non-hydrogen) atoms. The van der Waals surface area contributed by atoms with E-state index in [2.05, 4.69) is 5.32 Å². The third-order valence-electron chi connectivity index (χ3n) is 3.01. The molecule has 0 fully saturated rings. The summed E-state index contributed by atoms with van der Waals surface area (Å²) in [6, 6.07) is 5.79. The van der Waals surface area contributed by atoms with Gasteiger partial charge in [0.15, 0.2) is 11.5 Å². The summed E-state index contributed by atoms with van der Waals surface area (Å²) in [5, 5.41) is 2.66. The van der Waals surface area contributed by atoms with Gasteiger partial charge in [-0.25, -0.2) is 0 Å². The van der Waals surface area contributed by atoms with Crippen LogP contribution >= 0.6 is 11.8 Å². The first kappa shape index (κ1) is 16.0. The molecule has 116 valence electrons. The average molecular weight is 311 g/mol. The van der Waals surface area contributed by atoms with Gasteiger partial charge in [-0.1, -0.05) is 0 Å². The van der Waals surface area contributed by atoms with Gasteiger partial charge in [0.25, 0.3) is 0 Å². The molecular formula is C15H21NO4S. The number of rotatable bonds is 6. The van der Waals surface area contributed by atoms with E-state index in [0.717, 1.165) is 22.8 Å². The Kier molecular flexibility index (Phi) is 6.20. The smallest absolute Gasteiger partial charge is 0.233 e. The lowest BCUT2D eigenvalue weighted by Gasteiger charge is -2.13. The fourth-order valence-electron chi connectivity index (χ4n) is 1.89. The van der Waals surface area contributed by atoms with Crippen LogP contribution in [0.5, 0.6) is 11.5 Å². The van der Waals surface area contributed by atoms with E-state index >= 15 is 0 Å². The van der Waals surface area contributed by atoms with Crippen molar-refractivity contribution in [1.29, 1.82) is 0 Å². The van der Waals surface area contributed by atoms with Crippen molar-refractivity contribution in [3.8, 4) is 11.5 Å². The number of thioether (sulfide) groups is 1. The second-order valence-electron chi connectivity index (χ2n) is 4.70. The fraction of sp³-hybridized carbons (Fsp3) is 0.533. The Morgan fingerprint density at radius 2 is 2.14 bits per heavy atom. The molecule has 0 saturated carbocycles. The number of ether oxygens (including phenoxy) is 3. The molecule has 6 heteroatoms. The summed E-state index contributed by atoms with van der Waals surface area (Å²) in [7, 11) is 1.61. The Hall–Kier alpha value is -1.40. The minimum atomic E-state index is -0.174. The third-order valence-corrected chi connectivity index (χ3v) is 4.10. The van der Waals surface area contributed by atoms with E-state index in [1.807, 2.05) is 25.1 Å². The number of methoxy groups -OCH3 is 1. The Morgan fingerprint density at radius 3 is 2.90 bits per heavy atom. The largest absolute Gasteiger partial charge is 0.490 e. The number of benzene rings is 1. The van der Waals surface area contributed by atoms with Crippen molar-refractivity contribution in [3.63, 3.8) is 0 Å². The Morgan fingerprint density at radius 1 is 1.38 bits per heavy atom. The first-order valence-corrected chi connectivity index (χ1v) is 7.91. The number of hydrogen-bond acceptors (Lipinski definition) is 5. The Labute approximate surface area is 129 Å². The van der Waals surface area contributed by atoms with Crippen LogP contribution < -0.4 is 14.8 Å². The molecule has 0 saturated heterocycles. The van der Waals surface area contributed by atoms with E-state index in [4.69, 9.17) is 14.2 Å². The van der Waals surface area contributed by atoms with Gasteiger partial charge in [0, 0.05) is 25.0 Å². The summed E-state index contributed by atoms with van der Waals surface area (Å²) >= 11 is 1.50. The summed E-state index contributed by atoms with van der Waals surface area (Å²) in [5.41, 5.74) is 0. The van der Waals surface area contributed by atoms with Crippen molar-refractivity contribution in [2.75, 3.05) is 33.5 Å². The van der Waals surface area contributed by atoms with Crippen molar-refractivity contribution >= 4 is 17.7 Å². The van der Waals surface area contributed by atoms with Gasteiger partial charge in [0.2, 0.25) is 5.91 Å². The van der Waals surface area contributed by atoms with E-state index in [0.29, 0.717) is 26.4 Å². The molecule has 0 aliphatic carbocycles. The van der Waals surface area contributed by atoms with Crippen molar-refractivity contribution < 1.29 is 19.0 Å².